The normalized spacial score (nSPS) is 22.1. The first-order valence-electron chi connectivity index (χ1n) is 12.6. The lowest BCUT2D eigenvalue weighted by molar-refractivity contribution is 0.00984. The molecule has 0 bridgehead atoms. The van der Waals surface area contributed by atoms with Crippen molar-refractivity contribution >= 4 is 17.2 Å². The van der Waals surface area contributed by atoms with Crippen LogP contribution in [0.4, 0.5) is 20.4 Å². The summed E-state index contributed by atoms with van der Waals surface area (Å²) in [5.74, 6) is -0.749. The number of hydrogen-bond donors (Lipinski definition) is 3. The molecule has 0 amide bonds. The highest BCUT2D eigenvalue weighted by atomic mass is 19.1. The summed E-state index contributed by atoms with van der Waals surface area (Å²) in [5.41, 5.74) is 7.48. The number of pyridine rings is 1. The van der Waals surface area contributed by atoms with Crippen LogP contribution in [0, 0.1) is 17.6 Å². The van der Waals surface area contributed by atoms with Gasteiger partial charge >= 0.3 is 0 Å². The number of imidazole rings is 1. The quantitative estimate of drug-likeness (QED) is 0.330. The van der Waals surface area contributed by atoms with Crippen LogP contribution in [0.2, 0.25) is 0 Å². The van der Waals surface area contributed by atoms with Crippen molar-refractivity contribution in [3.63, 3.8) is 0 Å². The van der Waals surface area contributed by atoms with Gasteiger partial charge in [0.15, 0.2) is 0 Å². The topological polar surface area (TPSA) is 111 Å². The van der Waals surface area contributed by atoms with E-state index < -0.39 is 17.2 Å². The van der Waals surface area contributed by atoms with E-state index in [1.54, 1.807) is 37.8 Å². The third kappa shape index (κ3) is 4.87. The summed E-state index contributed by atoms with van der Waals surface area (Å²) >= 11 is 0. The minimum Gasteiger partial charge on any atom is -0.386 e. The zero-order chi connectivity index (χ0) is 27.2. The average Bonchev–Trinajstić information content (AvgIpc) is 3.25. The van der Waals surface area contributed by atoms with Gasteiger partial charge in [0.1, 0.15) is 11.6 Å². The Morgan fingerprint density at radius 1 is 1.13 bits per heavy atom. The smallest absolute Gasteiger partial charge is 0.229 e. The zero-order valence-electron chi connectivity index (χ0n) is 21.8. The van der Waals surface area contributed by atoms with Gasteiger partial charge in [0.05, 0.1) is 46.6 Å². The van der Waals surface area contributed by atoms with Crippen molar-refractivity contribution in [3.8, 4) is 11.3 Å². The molecule has 3 aromatic heterocycles. The Morgan fingerprint density at radius 2 is 1.87 bits per heavy atom. The van der Waals surface area contributed by atoms with Crippen molar-refractivity contribution in [1.82, 2.24) is 19.6 Å². The van der Waals surface area contributed by atoms with E-state index in [1.807, 2.05) is 6.07 Å². The van der Waals surface area contributed by atoms with E-state index >= 15 is 8.78 Å². The minimum atomic E-state index is -1.38. The third-order valence-electron chi connectivity index (χ3n) is 7.40. The first-order valence-corrected chi connectivity index (χ1v) is 12.6. The first kappa shape index (κ1) is 26.1. The maximum Gasteiger partial charge on any atom is 0.229 e. The van der Waals surface area contributed by atoms with Crippen molar-refractivity contribution in [2.45, 2.75) is 57.3 Å². The largest absolute Gasteiger partial charge is 0.386 e. The molecule has 1 saturated carbocycles. The predicted octanol–water partition coefficient (Wildman–Crippen LogP) is 4.90. The molecular weight excluding hydrogens is 490 g/mol. The van der Waals surface area contributed by atoms with Gasteiger partial charge in [0.25, 0.3) is 0 Å². The lowest BCUT2D eigenvalue weighted by atomic mass is 9.74. The van der Waals surface area contributed by atoms with E-state index in [0.29, 0.717) is 17.4 Å². The molecule has 4 aromatic rings. The van der Waals surface area contributed by atoms with Crippen LogP contribution in [0.5, 0.6) is 0 Å². The summed E-state index contributed by atoms with van der Waals surface area (Å²) in [6, 6.07) is 7.38. The SMILES string of the molecule is CO[C@@H]1[C@H](N)C[C@H](c2ccncc2Nc2ncc3ccc(-c4c(F)cc(C(C)(C)O)cc4F)nn23)C[C@@H]1C. The Hall–Kier alpha value is -3.47. The van der Waals surface area contributed by atoms with Gasteiger partial charge < -0.3 is 20.9 Å². The molecule has 1 aliphatic rings. The van der Waals surface area contributed by atoms with E-state index in [0.717, 1.165) is 36.2 Å². The van der Waals surface area contributed by atoms with Gasteiger partial charge in [-0.1, -0.05) is 6.92 Å². The van der Waals surface area contributed by atoms with Crippen LogP contribution >= 0.6 is 0 Å². The number of hydrogen-bond acceptors (Lipinski definition) is 7. The number of methoxy groups -OCH3 is 1. The second-order valence-corrected chi connectivity index (χ2v) is 10.6. The second-order valence-electron chi connectivity index (χ2n) is 10.6. The van der Waals surface area contributed by atoms with Gasteiger partial charge in [-0.15, -0.1) is 0 Å². The lowest BCUT2D eigenvalue weighted by Gasteiger charge is -2.38. The Kier molecular flexibility index (Phi) is 6.89. The standard InChI is InChI=1S/C28H32F2N6O2/c1-15-9-16(10-22(31)26(15)38-4)19-7-8-32-14-24(19)34-27-33-13-18-5-6-23(35-36(18)27)25-20(29)11-17(12-21(25)30)28(2,3)37/h5-8,11-16,22,26,37H,9-10,31H2,1-4H3,(H,33,34)/t15-,16+,22+,26-/m0/s1. The molecule has 0 spiro atoms. The predicted molar refractivity (Wildman–Crippen MR) is 141 cm³/mol. The summed E-state index contributed by atoms with van der Waals surface area (Å²) < 4.78 is 37.1. The van der Waals surface area contributed by atoms with E-state index in [4.69, 9.17) is 10.5 Å². The van der Waals surface area contributed by atoms with Gasteiger partial charge in [-0.25, -0.2) is 13.8 Å². The molecule has 3 heterocycles. The maximum absolute atomic E-state index is 15.0. The number of benzene rings is 1. The van der Waals surface area contributed by atoms with E-state index in [1.165, 1.54) is 18.4 Å². The van der Waals surface area contributed by atoms with Gasteiger partial charge in [-0.05, 0) is 80.0 Å². The summed E-state index contributed by atoms with van der Waals surface area (Å²) in [6.07, 6.45) is 6.80. The molecule has 0 radical (unpaired) electrons. The zero-order valence-corrected chi connectivity index (χ0v) is 21.8. The summed E-state index contributed by atoms with van der Waals surface area (Å²) in [6.45, 7) is 5.09. The summed E-state index contributed by atoms with van der Waals surface area (Å²) in [5, 5.41) is 18.0. The number of halogens is 2. The molecule has 200 valence electrons. The maximum atomic E-state index is 15.0. The molecule has 38 heavy (non-hydrogen) atoms. The number of nitrogens with zero attached hydrogens (tertiary/aromatic N) is 4. The molecular formula is C28H32F2N6O2. The van der Waals surface area contributed by atoms with Gasteiger partial charge in [0, 0.05) is 19.3 Å². The van der Waals surface area contributed by atoms with Crippen LogP contribution < -0.4 is 11.1 Å². The Bertz CT molecular complexity index is 1430. The fraction of sp³-hybridized carbons (Fsp3) is 0.393. The van der Waals surface area contributed by atoms with Crippen LogP contribution in [0.3, 0.4) is 0 Å². The monoisotopic (exact) mass is 522 g/mol. The molecule has 1 fully saturated rings. The number of anilines is 2. The van der Waals surface area contributed by atoms with Crippen LogP contribution in [0.15, 0.2) is 48.9 Å². The van der Waals surface area contributed by atoms with Crippen molar-refractivity contribution in [1.29, 1.82) is 0 Å². The van der Waals surface area contributed by atoms with Crippen LogP contribution in [0.25, 0.3) is 16.8 Å². The molecule has 0 saturated heterocycles. The number of fused-ring (bicyclic) bond motifs is 1. The average molecular weight is 523 g/mol. The Morgan fingerprint density at radius 3 is 2.53 bits per heavy atom. The Labute approximate surface area is 219 Å². The third-order valence-corrected chi connectivity index (χ3v) is 7.40. The summed E-state index contributed by atoms with van der Waals surface area (Å²) in [7, 11) is 1.70. The van der Waals surface area contributed by atoms with E-state index in [2.05, 4.69) is 27.3 Å². The number of aromatic nitrogens is 4. The Balaban J connectivity index is 1.49. The molecule has 0 unspecified atom stereocenters. The van der Waals surface area contributed by atoms with Crippen molar-refractivity contribution in [2.24, 2.45) is 11.7 Å². The molecule has 4 N–H and O–H groups in total. The van der Waals surface area contributed by atoms with Crippen LogP contribution in [0.1, 0.15) is 50.7 Å². The van der Waals surface area contributed by atoms with Crippen LogP contribution in [-0.4, -0.2) is 43.9 Å². The molecule has 1 aliphatic carbocycles. The number of nitrogens with two attached hydrogens (primary N) is 1. The highest BCUT2D eigenvalue weighted by Crippen LogP contribution is 2.40. The molecule has 4 atom stereocenters. The van der Waals surface area contributed by atoms with Gasteiger partial charge in [0.2, 0.25) is 5.95 Å². The highest BCUT2D eigenvalue weighted by molar-refractivity contribution is 5.66. The van der Waals surface area contributed by atoms with Crippen molar-refractivity contribution < 1.29 is 18.6 Å². The molecule has 0 aliphatic heterocycles. The minimum absolute atomic E-state index is 0.0154. The van der Waals surface area contributed by atoms with E-state index in [9.17, 15) is 5.11 Å². The van der Waals surface area contributed by atoms with Gasteiger partial charge in [-0.2, -0.15) is 9.61 Å². The van der Waals surface area contributed by atoms with Crippen LogP contribution in [-0.2, 0) is 10.3 Å². The molecule has 5 rings (SSSR count). The highest BCUT2D eigenvalue weighted by Gasteiger charge is 2.35. The molecule has 1 aromatic carbocycles. The fourth-order valence-electron chi connectivity index (χ4n) is 5.48. The number of nitrogens with one attached hydrogen (secondary N) is 1. The lowest BCUT2D eigenvalue weighted by Crippen LogP contribution is -2.45. The van der Waals surface area contributed by atoms with E-state index in [-0.39, 0.29) is 34.9 Å². The van der Waals surface area contributed by atoms with Crippen molar-refractivity contribution in [3.05, 3.63) is 71.7 Å². The second kappa shape index (κ2) is 10.0. The number of aliphatic hydroxyl groups is 1. The molecule has 10 heteroatoms. The van der Waals surface area contributed by atoms with Crippen molar-refractivity contribution in [2.75, 3.05) is 12.4 Å². The number of rotatable bonds is 6. The fourth-order valence-corrected chi connectivity index (χ4v) is 5.48. The van der Waals surface area contributed by atoms with Gasteiger partial charge in [-0.3, -0.25) is 4.98 Å². The number of ether oxygens (including phenoxy) is 1. The molecule has 8 nitrogen and oxygen atoms in total. The summed E-state index contributed by atoms with van der Waals surface area (Å²) in [4.78, 5) is 8.75. The first-order chi connectivity index (χ1) is 18.1.